The third kappa shape index (κ3) is 4.08. The van der Waals surface area contributed by atoms with Crippen LogP contribution in [0.1, 0.15) is 19.3 Å². The van der Waals surface area contributed by atoms with E-state index in [1.807, 2.05) is 0 Å². The Hall–Kier alpha value is -1.30. The topological polar surface area (TPSA) is 94.0 Å². The lowest BCUT2D eigenvalue weighted by Crippen LogP contribution is -2.10. The van der Waals surface area contributed by atoms with Gasteiger partial charge < -0.3 is 16.8 Å². The summed E-state index contributed by atoms with van der Waals surface area (Å²) in [4.78, 5) is 14.5. The van der Waals surface area contributed by atoms with Crippen molar-refractivity contribution in [1.82, 2.24) is 4.98 Å². The molecule has 1 heterocycles. The van der Waals surface area contributed by atoms with Crippen LogP contribution in [0.25, 0.3) is 0 Å². The third-order valence-electron chi connectivity index (χ3n) is 1.65. The quantitative estimate of drug-likeness (QED) is 0.610. The van der Waals surface area contributed by atoms with E-state index in [4.69, 9.17) is 11.5 Å². The summed E-state index contributed by atoms with van der Waals surface area (Å²) in [5, 5.41) is 4.63. The number of primary amides is 1. The van der Waals surface area contributed by atoms with Crippen molar-refractivity contribution in [2.75, 3.05) is 17.6 Å². The van der Waals surface area contributed by atoms with Gasteiger partial charge >= 0.3 is 0 Å². The average Bonchev–Trinajstić information content (AvgIpc) is 2.50. The van der Waals surface area contributed by atoms with Gasteiger partial charge in [0.2, 0.25) is 5.91 Å². The Labute approximate surface area is 86.5 Å². The Bertz CT molecular complexity index is 299. The summed E-state index contributed by atoms with van der Waals surface area (Å²) in [6, 6.07) is 0. The number of nitrogens with zero attached hydrogens (tertiary/aromatic N) is 1. The molecule has 78 valence electrons. The van der Waals surface area contributed by atoms with Crippen LogP contribution in [-0.2, 0) is 4.79 Å². The van der Waals surface area contributed by atoms with E-state index in [0.717, 1.165) is 24.5 Å². The summed E-state index contributed by atoms with van der Waals surface area (Å²) in [7, 11) is 0. The summed E-state index contributed by atoms with van der Waals surface area (Å²) >= 11 is 1.42. The van der Waals surface area contributed by atoms with Crippen LogP contribution in [0.3, 0.4) is 0 Å². The predicted molar refractivity (Wildman–Crippen MR) is 58.1 cm³/mol. The number of anilines is 2. The summed E-state index contributed by atoms with van der Waals surface area (Å²) in [5.74, 6) is -0.247. The number of nitrogens with one attached hydrogen (secondary N) is 1. The molecule has 6 heteroatoms. The molecule has 5 nitrogen and oxygen atoms in total. The number of amides is 1. The second-order valence-corrected chi connectivity index (χ2v) is 3.98. The minimum Gasteiger partial charge on any atom is -0.389 e. The SMILES string of the molecule is NC(=O)CCCCNc1ncc(N)s1. The van der Waals surface area contributed by atoms with Gasteiger partial charge in [-0.05, 0) is 12.8 Å². The number of carbonyl (C=O) groups is 1. The van der Waals surface area contributed by atoms with Crippen LogP contribution in [-0.4, -0.2) is 17.4 Å². The van der Waals surface area contributed by atoms with Gasteiger partial charge in [0.25, 0.3) is 0 Å². The van der Waals surface area contributed by atoms with Gasteiger partial charge in [0.1, 0.15) is 5.00 Å². The lowest BCUT2D eigenvalue weighted by Gasteiger charge is -2.00. The number of nitrogen functional groups attached to an aromatic ring is 1. The van der Waals surface area contributed by atoms with Gasteiger partial charge in [0, 0.05) is 13.0 Å². The fraction of sp³-hybridized carbons (Fsp3) is 0.500. The zero-order valence-electron chi connectivity index (χ0n) is 7.82. The molecule has 0 saturated heterocycles. The van der Waals surface area contributed by atoms with Gasteiger partial charge in [-0.15, -0.1) is 0 Å². The first-order valence-corrected chi connectivity index (χ1v) is 5.23. The second kappa shape index (κ2) is 5.43. The maximum absolute atomic E-state index is 10.4. The minimum absolute atomic E-state index is 0.247. The molecule has 1 rings (SSSR count). The van der Waals surface area contributed by atoms with Gasteiger partial charge in [-0.1, -0.05) is 11.3 Å². The maximum Gasteiger partial charge on any atom is 0.217 e. The normalized spacial score (nSPS) is 10.0. The van der Waals surface area contributed by atoms with E-state index in [1.165, 1.54) is 11.3 Å². The Morgan fingerprint density at radius 1 is 1.57 bits per heavy atom. The van der Waals surface area contributed by atoms with E-state index >= 15 is 0 Å². The maximum atomic E-state index is 10.4. The van der Waals surface area contributed by atoms with Crippen LogP contribution < -0.4 is 16.8 Å². The number of nitrogens with two attached hydrogens (primary N) is 2. The van der Waals surface area contributed by atoms with Crippen molar-refractivity contribution >= 4 is 27.4 Å². The monoisotopic (exact) mass is 214 g/mol. The van der Waals surface area contributed by atoms with Crippen LogP contribution in [0.5, 0.6) is 0 Å². The molecule has 0 spiro atoms. The number of aromatic nitrogens is 1. The van der Waals surface area contributed by atoms with Crippen molar-refractivity contribution in [3.63, 3.8) is 0 Å². The van der Waals surface area contributed by atoms with E-state index < -0.39 is 0 Å². The Kier molecular flexibility index (Phi) is 4.18. The zero-order valence-corrected chi connectivity index (χ0v) is 8.64. The van der Waals surface area contributed by atoms with Crippen LogP contribution in [0.4, 0.5) is 10.1 Å². The molecule has 0 bridgehead atoms. The smallest absolute Gasteiger partial charge is 0.217 e. The summed E-state index contributed by atoms with van der Waals surface area (Å²) in [6.07, 6.45) is 3.78. The molecule has 5 N–H and O–H groups in total. The average molecular weight is 214 g/mol. The molecule has 0 unspecified atom stereocenters. The number of hydrogen-bond donors (Lipinski definition) is 3. The van der Waals surface area contributed by atoms with Crippen LogP contribution in [0.15, 0.2) is 6.20 Å². The molecule has 0 radical (unpaired) electrons. The number of carbonyl (C=O) groups excluding carboxylic acids is 1. The molecule has 14 heavy (non-hydrogen) atoms. The largest absolute Gasteiger partial charge is 0.389 e. The fourth-order valence-electron chi connectivity index (χ4n) is 0.988. The molecule has 0 fully saturated rings. The number of rotatable bonds is 6. The highest BCUT2D eigenvalue weighted by molar-refractivity contribution is 7.19. The Morgan fingerprint density at radius 3 is 2.93 bits per heavy atom. The van der Waals surface area contributed by atoms with Crippen molar-refractivity contribution in [2.24, 2.45) is 5.73 Å². The van der Waals surface area contributed by atoms with Crippen molar-refractivity contribution in [3.05, 3.63) is 6.20 Å². The molecule has 1 aromatic heterocycles. The van der Waals surface area contributed by atoms with Crippen LogP contribution in [0, 0.1) is 0 Å². The molecule has 0 atom stereocenters. The van der Waals surface area contributed by atoms with Gasteiger partial charge in [0.15, 0.2) is 5.13 Å². The summed E-state index contributed by atoms with van der Waals surface area (Å²) in [6.45, 7) is 0.792. The van der Waals surface area contributed by atoms with Crippen molar-refractivity contribution in [3.8, 4) is 0 Å². The van der Waals surface area contributed by atoms with Crippen LogP contribution >= 0.6 is 11.3 Å². The molecule has 0 aliphatic rings. The molecule has 0 aliphatic heterocycles. The van der Waals surface area contributed by atoms with Crippen molar-refractivity contribution in [2.45, 2.75) is 19.3 Å². The van der Waals surface area contributed by atoms with Gasteiger partial charge in [0.05, 0.1) is 6.20 Å². The van der Waals surface area contributed by atoms with Gasteiger partial charge in [-0.25, -0.2) is 4.98 Å². The van der Waals surface area contributed by atoms with E-state index in [1.54, 1.807) is 6.20 Å². The lowest BCUT2D eigenvalue weighted by molar-refractivity contribution is -0.118. The summed E-state index contributed by atoms with van der Waals surface area (Å²) < 4.78 is 0. The van der Waals surface area contributed by atoms with Gasteiger partial charge in [-0.3, -0.25) is 4.79 Å². The van der Waals surface area contributed by atoms with Gasteiger partial charge in [-0.2, -0.15) is 0 Å². The Balaban J connectivity index is 2.07. The number of unbranched alkanes of at least 4 members (excludes halogenated alkanes) is 1. The highest BCUT2D eigenvalue weighted by Crippen LogP contribution is 2.19. The van der Waals surface area contributed by atoms with E-state index in [-0.39, 0.29) is 5.91 Å². The molecule has 1 aromatic rings. The number of hydrogen-bond acceptors (Lipinski definition) is 5. The van der Waals surface area contributed by atoms with Crippen molar-refractivity contribution in [1.29, 1.82) is 0 Å². The second-order valence-electron chi connectivity index (χ2n) is 2.92. The molecule has 1 amide bonds. The molecular weight excluding hydrogens is 200 g/mol. The van der Waals surface area contributed by atoms with Crippen LogP contribution in [0.2, 0.25) is 0 Å². The minimum atomic E-state index is -0.247. The molecule has 0 aliphatic carbocycles. The predicted octanol–water partition coefficient (Wildman–Crippen LogP) is 0.793. The highest BCUT2D eigenvalue weighted by Gasteiger charge is 1.98. The molecule has 0 saturated carbocycles. The fourth-order valence-corrected chi connectivity index (χ4v) is 1.60. The first-order valence-electron chi connectivity index (χ1n) is 4.42. The zero-order chi connectivity index (χ0) is 10.4. The Morgan fingerprint density at radius 2 is 2.36 bits per heavy atom. The lowest BCUT2D eigenvalue weighted by atomic mass is 10.2. The van der Waals surface area contributed by atoms with E-state index in [0.29, 0.717) is 11.4 Å². The highest BCUT2D eigenvalue weighted by atomic mass is 32.1. The third-order valence-corrected chi connectivity index (χ3v) is 2.43. The molecule has 0 aromatic carbocycles. The van der Waals surface area contributed by atoms with E-state index in [2.05, 4.69) is 10.3 Å². The standard InChI is InChI=1S/C8H14N4OS/c9-6(13)3-1-2-4-11-8-12-5-7(10)14-8/h5H,1-4,10H2,(H2,9,13)(H,11,12). The first-order chi connectivity index (χ1) is 6.68. The number of thiazole rings is 1. The van der Waals surface area contributed by atoms with E-state index in [9.17, 15) is 4.79 Å². The summed E-state index contributed by atoms with van der Waals surface area (Å²) in [5.41, 5.74) is 10.5. The van der Waals surface area contributed by atoms with Crippen molar-refractivity contribution < 1.29 is 4.79 Å². The first kappa shape index (κ1) is 10.8. The molecular formula is C8H14N4OS.